The molecule has 148 valence electrons. The summed E-state index contributed by atoms with van der Waals surface area (Å²) in [6.45, 7) is 9.10. The predicted octanol–water partition coefficient (Wildman–Crippen LogP) is 3.77. The van der Waals surface area contributed by atoms with Crippen LogP contribution in [0.5, 0.6) is 0 Å². The summed E-state index contributed by atoms with van der Waals surface area (Å²) in [5.41, 5.74) is 0.969. The van der Waals surface area contributed by atoms with Gasteiger partial charge in [0.15, 0.2) is 0 Å². The maximum absolute atomic E-state index is 12.9. The monoisotopic (exact) mass is 416 g/mol. The van der Waals surface area contributed by atoms with Crippen LogP contribution in [-0.2, 0) is 11.3 Å². The Morgan fingerprint density at radius 1 is 1.39 bits per heavy atom. The summed E-state index contributed by atoms with van der Waals surface area (Å²) in [5, 5.41) is 5.12. The number of hydrogen-bond acceptors (Lipinski definition) is 7. The zero-order valence-electron chi connectivity index (χ0n) is 16.3. The minimum Gasteiger partial charge on any atom is -0.371 e. The maximum atomic E-state index is 12.9. The third-order valence-corrected chi connectivity index (χ3v) is 6.68. The van der Waals surface area contributed by atoms with Crippen LogP contribution in [0.2, 0.25) is 0 Å². The summed E-state index contributed by atoms with van der Waals surface area (Å²) in [7, 11) is 0. The topological polar surface area (TPSA) is 67.4 Å². The number of thiophene rings is 1. The molecule has 0 radical (unpaired) electrons. The second-order valence-electron chi connectivity index (χ2n) is 7.27. The highest BCUT2D eigenvalue weighted by molar-refractivity contribution is 7.20. The summed E-state index contributed by atoms with van der Waals surface area (Å²) in [6.07, 6.45) is 3.58. The van der Waals surface area contributed by atoms with Gasteiger partial charge in [0.25, 0.3) is 5.91 Å². The average molecular weight is 417 g/mol. The van der Waals surface area contributed by atoms with Crippen LogP contribution in [0.3, 0.4) is 0 Å². The van der Waals surface area contributed by atoms with E-state index >= 15 is 0 Å². The van der Waals surface area contributed by atoms with Crippen molar-refractivity contribution < 1.29 is 9.53 Å². The van der Waals surface area contributed by atoms with Gasteiger partial charge in [0.2, 0.25) is 0 Å². The third-order valence-electron chi connectivity index (χ3n) is 4.65. The predicted molar refractivity (Wildman–Crippen MR) is 113 cm³/mol. The lowest BCUT2D eigenvalue weighted by Crippen LogP contribution is -2.38. The molecule has 4 rings (SSSR count). The first-order valence-corrected chi connectivity index (χ1v) is 11.1. The van der Waals surface area contributed by atoms with Crippen molar-refractivity contribution >= 4 is 38.8 Å². The number of carbonyl (C=O) groups is 1. The quantitative estimate of drug-likeness (QED) is 0.686. The molecule has 3 aromatic heterocycles. The van der Waals surface area contributed by atoms with Crippen LogP contribution in [0.4, 0.5) is 0 Å². The summed E-state index contributed by atoms with van der Waals surface area (Å²) in [4.78, 5) is 26.9. The van der Waals surface area contributed by atoms with Crippen LogP contribution in [0.1, 0.15) is 45.1 Å². The number of aromatic nitrogens is 2. The molecule has 4 heterocycles. The van der Waals surface area contributed by atoms with E-state index in [1.807, 2.05) is 39.1 Å². The molecule has 1 fully saturated rings. The van der Waals surface area contributed by atoms with E-state index in [2.05, 4.69) is 20.2 Å². The number of nitrogens with one attached hydrogen (secondary N) is 1. The van der Waals surface area contributed by atoms with Gasteiger partial charge in [0.05, 0.1) is 17.7 Å². The number of ether oxygens (including phenoxy) is 1. The van der Waals surface area contributed by atoms with Gasteiger partial charge in [-0.15, -0.1) is 22.7 Å². The molecule has 3 aromatic rings. The minimum absolute atomic E-state index is 0.0493. The van der Waals surface area contributed by atoms with E-state index < -0.39 is 0 Å². The summed E-state index contributed by atoms with van der Waals surface area (Å²) < 4.78 is 6.14. The maximum Gasteiger partial charge on any atom is 0.262 e. The van der Waals surface area contributed by atoms with Gasteiger partial charge in [-0.05, 0) is 26.8 Å². The van der Waals surface area contributed by atoms with Crippen molar-refractivity contribution in [2.24, 2.45) is 0 Å². The molecule has 1 amide bonds. The molecule has 0 aromatic carbocycles. The second kappa shape index (κ2) is 8.24. The average Bonchev–Trinajstić information content (AvgIpc) is 3.24. The molecule has 1 aliphatic rings. The first-order chi connectivity index (χ1) is 13.5. The molecule has 0 bridgehead atoms. The van der Waals surface area contributed by atoms with Gasteiger partial charge in [-0.3, -0.25) is 9.69 Å². The van der Waals surface area contributed by atoms with E-state index in [0.29, 0.717) is 11.5 Å². The Kier molecular flexibility index (Phi) is 5.73. The highest BCUT2D eigenvalue weighted by Gasteiger charge is 2.30. The molecule has 28 heavy (non-hydrogen) atoms. The number of amides is 1. The smallest absolute Gasteiger partial charge is 0.262 e. The van der Waals surface area contributed by atoms with Gasteiger partial charge in [-0.1, -0.05) is 6.07 Å². The van der Waals surface area contributed by atoms with Crippen LogP contribution < -0.4 is 5.32 Å². The fourth-order valence-corrected chi connectivity index (χ4v) is 5.42. The lowest BCUT2D eigenvalue weighted by atomic mass is 10.0. The van der Waals surface area contributed by atoms with Crippen molar-refractivity contribution in [2.45, 2.75) is 39.5 Å². The Hall–Kier alpha value is -1.87. The number of carbonyl (C=O) groups excluding carboxylic acids is 1. The number of hydrogen-bond donors (Lipinski definition) is 1. The van der Waals surface area contributed by atoms with Crippen LogP contribution in [0.15, 0.2) is 24.5 Å². The van der Waals surface area contributed by atoms with E-state index in [9.17, 15) is 4.79 Å². The summed E-state index contributed by atoms with van der Waals surface area (Å²) >= 11 is 3.18. The Morgan fingerprint density at radius 3 is 3.00 bits per heavy atom. The molecule has 1 atom stereocenters. The van der Waals surface area contributed by atoms with Crippen molar-refractivity contribution in [3.05, 3.63) is 44.9 Å². The molecule has 8 heteroatoms. The highest BCUT2D eigenvalue weighted by Crippen LogP contribution is 2.37. The fourth-order valence-electron chi connectivity index (χ4n) is 3.49. The van der Waals surface area contributed by atoms with E-state index in [4.69, 9.17) is 4.74 Å². The molecule has 1 saturated heterocycles. The number of aryl methyl sites for hydroxylation is 1. The lowest BCUT2D eigenvalue weighted by Gasteiger charge is -2.33. The SMILES string of the molecule is Cc1ncc(CN2CCO[C@H](c3c(C(=O)NC(C)C)sc4ncccc34)C2)s1. The van der Waals surface area contributed by atoms with Gasteiger partial charge < -0.3 is 10.1 Å². The van der Waals surface area contributed by atoms with E-state index in [0.717, 1.165) is 40.4 Å². The van der Waals surface area contributed by atoms with Crippen molar-refractivity contribution in [3.8, 4) is 0 Å². The minimum atomic E-state index is -0.145. The fraction of sp³-hybridized carbons (Fsp3) is 0.450. The Labute approximate surface area is 172 Å². The van der Waals surface area contributed by atoms with Crippen LogP contribution in [0, 0.1) is 6.92 Å². The summed E-state index contributed by atoms with van der Waals surface area (Å²) in [5.74, 6) is -0.0493. The lowest BCUT2D eigenvalue weighted by molar-refractivity contribution is -0.0320. The van der Waals surface area contributed by atoms with E-state index in [1.54, 1.807) is 17.5 Å². The number of pyridine rings is 1. The second-order valence-corrected chi connectivity index (χ2v) is 9.59. The molecule has 6 nitrogen and oxygen atoms in total. The van der Waals surface area contributed by atoms with Crippen LogP contribution in [-0.4, -0.2) is 46.5 Å². The first kappa shape index (κ1) is 19.4. The number of rotatable bonds is 5. The van der Waals surface area contributed by atoms with Gasteiger partial charge in [-0.25, -0.2) is 9.97 Å². The van der Waals surface area contributed by atoms with Crippen molar-refractivity contribution in [2.75, 3.05) is 19.7 Å². The van der Waals surface area contributed by atoms with E-state index in [1.165, 1.54) is 16.2 Å². The molecular weight excluding hydrogens is 392 g/mol. The largest absolute Gasteiger partial charge is 0.371 e. The molecule has 0 saturated carbocycles. The number of thiazole rings is 1. The summed E-state index contributed by atoms with van der Waals surface area (Å²) in [6, 6.07) is 4.04. The zero-order chi connectivity index (χ0) is 19.7. The van der Waals surface area contributed by atoms with E-state index in [-0.39, 0.29) is 18.1 Å². The van der Waals surface area contributed by atoms with Gasteiger partial charge >= 0.3 is 0 Å². The van der Waals surface area contributed by atoms with Gasteiger partial charge in [0, 0.05) is 53.9 Å². The molecule has 0 spiro atoms. The number of fused-ring (bicyclic) bond motifs is 1. The van der Waals surface area contributed by atoms with Crippen molar-refractivity contribution in [1.29, 1.82) is 0 Å². The van der Waals surface area contributed by atoms with Gasteiger partial charge in [0.1, 0.15) is 9.71 Å². The molecule has 0 unspecified atom stereocenters. The number of nitrogens with zero attached hydrogens (tertiary/aromatic N) is 3. The number of morpholine rings is 1. The Morgan fingerprint density at radius 2 is 2.25 bits per heavy atom. The van der Waals surface area contributed by atoms with Gasteiger partial charge in [-0.2, -0.15) is 0 Å². The Balaban J connectivity index is 1.64. The third kappa shape index (κ3) is 4.10. The highest BCUT2D eigenvalue weighted by atomic mass is 32.1. The standard InChI is InChI=1S/C20H24N4O2S2/c1-12(2)23-19(25)18-17(15-5-4-6-21-20(15)28-18)16-11-24(7-8-26-16)10-14-9-22-13(3)27-14/h4-6,9,12,16H,7-8,10-11H2,1-3H3,(H,23,25)/t16-/m0/s1. The normalized spacial score (nSPS) is 18.1. The van der Waals surface area contributed by atoms with Crippen molar-refractivity contribution in [3.63, 3.8) is 0 Å². The molecule has 0 aliphatic carbocycles. The van der Waals surface area contributed by atoms with Crippen LogP contribution in [0.25, 0.3) is 10.2 Å². The molecular formula is C20H24N4O2S2. The zero-order valence-corrected chi connectivity index (χ0v) is 17.9. The molecule has 1 N–H and O–H groups in total. The molecule has 1 aliphatic heterocycles. The first-order valence-electron chi connectivity index (χ1n) is 9.45. The van der Waals surface area contributed by atoms with Crippen molar-refractivity contribution in [1.82, 2.24) is 20.2 Å². The Bertz CT molecular complexity index is 982. The van der Waals surface area contributed by atoms with Crippen LogP contribution >= 0.6 is 22.7 Å².